The number of primary amides is 1. The van der Waals surface area contributed by atoms with Crippen molar-refractivity contribution in [2.24, 2.45) is 11.0 Å². The van der Waals surface area contributed by atoms with Gasteiger partial charge in [0.05, 0.1) is 11.8 Å². The predicted octanol–water partition coefficient (Wildman–Crippen LogP) is 0.796. The summed E-state index contributed by atoms with van der Waals surface area (Å²) in [5.74, 6) is 0. The first-order valence-corrected chi connectivity index (χ1v) is 4.43. The zero-order valence-corrected chi connectivity index (χ0v) is 8.09. The maximum Gasteiger partial charge on any atom is 0.332 e. The van der Waals surface area contributed by atoms with Crippen molar-refractivity contribution in [2.75, 3.05) is 6.54 Å². The summed E-state index contributed by atoms with van der Waals surface area (Å²) in [6, 6.07) is 8.74. The molecular formula is C9H12N4O2. The van der Waals surface area contributed by atoms with Gasteiger partial charge in [0.15, 0.2) is 0 Å². The van der Waals surface area contributed by atoms with Gasteiger partial charge in [-0.15, -0.1) is 4.91 Å². The molecule has 0 saturated carbocycles. The molecule has 1 aromatic carbocycles. The lowest BCUT2D eigenvalue weighted by atomic mass is 10.2. The van der Waals surface area contributed by atoms with Crippen LogP contribution in [0.15, 0.2) is 35.6 Å². The summed E-state index contributed by atoms with van der Waals surface area (Å²) in [6.07, 6.45) is 0.604. The highest BCUT2D eigenvalue weighted by atomic mass is 16.3. The van der Waals surface area contributed by atoms with E-state index in [0.29, 0.717) is 6.42 Å². The van der Waals surface area contributed by atoms with E-state index in [2.05, 4.69) is 10.7 Å². The number of nitrogens with zero attached hydrogens (tertiary/aromatic N) is 2. The number of urea groups is 1. The van der Waals surface area contributed by atoms with Crippen molar-refractivity contribution in [1.82, 2.24) is 10.5 Å². The Labute approximate surface area is 87.0 Å². The van der Waals surface area contributed by atoms with Crippen molar-refractivity contribution in [1.29, 1.82) is 0 Å². The van der Waals surface area contributed by atoms with E-state index in [1.165, 1.54) is 0 Å². The topological polar surface area (TPSA) is 87.8 Å². The van der Waals surface area contributed by atoms with Crippen LogP contribution in [0.25, 0.3) is 0 Å². The molecule has 1 rings (SSSR count). The Morgan fingerprint density at radius 2 is 2.07 bits per heavy atom. The van der Waals surface area contributed by atoms with E-state index in [0.717, 1.165) is 10.7 Å². The standard InChI is InChI=1S/C9H12N4O2/c10-9(14)11-13(12-15)7-6-8-4-2-1-3-5-8/h1-5H,6-7H2,(H3,10,11,14). The third-order valence-electron chi connectivity index (χ3n) is 1.79. The summed E-state index contributed by atoms with van der Waals surface area (Å²) in [6.45, 7) is 0.288. The van der Waals surface area contributed by atoms with E-state index in [-0.39, 0.29) is 6.54 Å². The lowest BCUT2D eigenvalue weighted by Gasteiger charge is -2.13. The van der Waals surface area contributed by atoms with Crippen molar-refractivity contribution in [3.63, 3.8) is 0 Å². The summed E-state index contributed by atoms with van der Waals surface area (Å²) < 4.78 is 0. The molecule has 0 bridgehead atoms. The van der Waals surface area contributed by atoms with E-state index in [9.17, 15) is 9.70 Å². The SMILES string of the molecule is NC(=O)NN(CCc1ccccc1)N=O. The van der Waals surface area contributed by atoms with Gasteiger partial charge in [-0.2, -0.15) is 5.12 Å². The Morgan fingerprint density at radius 1 is 1.40 bits per heavy atom. The minimum absolute atomic E-state index is 0.288. The molecule has 0 aromatic heterocycles. The summed E-state index contributed by atoms with van der Waals surface area (Å²) >= 11 is 0. The molecule has 6 nitrogen and oxygen atoms in total. The van der Waals surface area contributed by atoms with Crippen LogP contribution >= 0.6 is 0 Å². The minimum atomic E-state index is -0.803. The zero-order valence-electron chi connectivity index (χ0n) is 8.09. The van der Waals surface area contributed by atoms with Crippen molar-refractivity contribution in [3.05, 3.63) is 40.8 Å². The van der Waals surface area contributed by atoms with Gasteiger partial charge >= 0.3 is 6.03 Å². The van der Waals surface area contributed by atoms with Gasteiger partial charge in [0, 0.05) is 0 Å². The summed E-state index contributed by atoms with van der Waals surface area (Å²) in [7, 11) is 0. The summed E-state index contributed by atoms with van der Waals surface area (Å²) in [5, 5.41) is 3.49. The third kappa shape index (κ3) is 4.08. The number of nitroso groups, excluding NO2 is 1. The van der Waals surface area contributed by atoms with E-state index in [4.69, 9.17) is 5.73 Å². The minimum Gasteiger partial charge on any atom is -0.350 e. The number of hydrazine groups is 1. The molecule has 0 heterocycles. The fraction of sp³-hybridized carbons (Fsp3) is 0.222. The van der Waals surface area contributed by atoms with Crippen LogP contribution < -0.4 is 11.2 Å². The van der Waals surface area contributed by atoms with Crippen LogP contribution in [-0.4, -0.2) is 17.7 Å². The number of carbonyl (C=O) groups excluding carboxylic acids is 1. The van der Waals surface area contributed by atoms with Crippen LogP contribution in [0.5, 0.6) is 0 Å². The molecule has 0 spiro atoms. The van der Waals surface area contributed by atoms with Gasteiger partial charge in [-0.05, 0) is 12.0 Å². The average molecular weight is 208 g/mol. The first kappa shape index (κ1) is 11.0. The first-order chi connectivity index (χ1) is 7.22. The summed E-state index contributed by atoms with van der Waals surface area (Å²) in [4.78, 5) is 20.7. The molecule has 0 aliphatic heterocycles. The molecule has 1 aromatic rings. The van der Waals surface area contributed by atoms with Crippen molar-refractivity contribution >= 4 is 6.03 Å². The Balaban J connectivity index is 2.41. The predicted molar refractivity (Wildman–Crippen MR) is 55.4 cm³/mol. The number of benzene rings is 1. The first-order valence-electron chi connectivity index (χ1n) is 4.43. The van der Waals surface area contributed by atoms with E-state index in [1.54, 1.807) is 0 Å². The second kappa shape index (κ2) is 5.58. The molecule has 0 radical (unpaired) electrons. The summed E-state index contributed by atoms with van der Waals surface area (Å²) in [5.41, 5.74) is 7.99. The van der Waals surface area contributed by atoms with Crippen LogP contribution in [0.1, 0.15) is 5.56 Å². The maximum atomic E-state index is 10.5. The van der Waals surface area contributed by atoms with Gasteiger partial charge in [-0.25, -0.2) is 10.2 Å². The van der Waals surface area contributed by atoms with Crippen LogP contribution in [-0.2, 0) is 6.42 Å². The van der Waals surface area contributed by atoms with Gasteiger partial charge < -0.3 is 5.73 Å². The number of hydrogen-bond donors (Lipinski definition) is 2. The quantitative estimate of drug-likeness (QED) is 0.554. The Bertz CT molecular complexity index is 328. The van der Waals surface area contributed by atoms with Gasteiger partial charge in [0.25, 0.3) is 0 Å². The van der Waals surface area contributed by atoms with E-state index >= 15 is 0 Å². The van der Waals surface area contributed by atoms with Crippen LogP contribution in [0, 0.1) is 4.91 Å². The number of nitrogens with two attached hydrogens (primary N) is 1. The highest BCUT2D eigenvalue weighted by Crippen LogP contribution is 2.00. The Hall–Kier alpha value is -2.11. The largest absolute Gasteiger partial charge is 0.350 e. The molecule has 3 N–H and O–H groups in total. The number of amides is 2. The Kier molecular flexibility index (Phi) is 4.08. The molecule has 0 unspecified atom stereocenters. The highest BCUT2D eigenvalue weighted by molar-refractivity contribution is 5.70. The molecule has 2 amide bonds. The second-order valence-corrected chi connectivity index (χ2v) is 2.92. The molecule has 0 saturated heterocycles. The number of nitrogens with one attached hydrogen (secondary N) is 1. The molecule has 6 heteroatoms. The molecule has 0 atom stereocenters. The molecule has 0 aliphatic carbocycles. The smallest absolute Gasteiger partial charge is 0.332 e. The Morgan fingerprint density at radius 3 is 2.60 bits per heavy atom. The van der Waals surface area contributed by atoms with E-state index in [1.807, 2.05) is 30.3 Å². The molecule has 0 fully saturated rings. The van der Waals surface area contributed by atoms with Crippen molar-refractivity contribution in [2.45, 2.75) is 6.42 Å². The van der Waals surface area contributed by atoms with Crippen LogP contribution in [0.2, 0.25) is 0 Å². The average Bonchev–Trinajstić information content (AvgIpc) is 2.25. The maximum absolute atomic E-state index is 10.5. The number of rotatable bonds is 5. The molecule has 80 valence electrons. The van der Waals surface area contributed by atoms with Crippen LogP contribution in [0.3, 0.4) is 0 Å². The molecular weight excluding hydrogens is 196 g/mol. The monoisotopic (exact) mass is 208 g/mol. The number of hydrogen-bond acceptors (Lipinski definition) is 3. The zero-order chi connectivity index (χ0) is 11.1. The molecule has 15 heavy (non-hydrogen) atoms. The van der Waals surface area contributed by atoms with Gasteiger partial charge in [0.1, 0.15) is 0 Å². The van der Waals surface area contributed by atoms with Crippen LogP contribution in [0.4, 0.5) is 4.79 Å². The van der Waals surface area contributed by atoms with Crippen molar-refractivity contribution in [3.8, 4) is 0 Å². The van der Waals surface area contributed by atoms with Gasteiger partial charge in [-0.3, -0.25) is 0 Å². The fourth-order valence-corrected chi connectivity index (χ4v) is 1.12. The third-order valence-corrected chi connectivity index (χ3v) is 1.79. The molecule has 0 aliphatic rings. The lowest BCUT2D eigenvalue weighted by molar-refractivity contribution is 0.187. The van der Waals surface area contributed by atoms with Crippen molar-refractivity contribution < 1.29 is 4.79 Å². The van der Waals surface area contributed by atoms with E-state index < -0.39 is 6.03 Å². The number of carbonyl (C=O) groups is 1. The highest BCUT2D eigenvalue weighted by Gasteiger charge is 2.04. The lowest BCUT2D eigenvalue weighted by Crippen LogP contribution is -2.42. The fourth-order valence-electron chi connectivity index (χ4n) is 1.12. The van der Waals surface area contributed by atoms with Gasteiger partial charge in [-0.1, -0.05) is 30.3 Å². The second-order valence-electron chi connectivity index (χ2n) is 2.92. The van der Waals surface area contributed by atoms with Gasteiger partial charge in [0.2, 0.25) is 0 Å². The normalized spacial score (nSPS) is 9.33.